The van der Waals surface area contributed by atoms with Crippen LogP contribution in [0.5, 0.6) is 0 Å². The molecule has 1 rings (SSSR count). The first-order valence-electron chi connectivity index (χ1n) is 4.87. The summed E-state index contributed by atoms with van der Waals surface area (Å²) in [4.78, 5) is 0. The van der Waals surface area contributed by atoms with Crippen molar-refractivity contribution < 1.29 is 5.11 Å². The van der Waals surface area contributed by atoms with Gasteiger partial charge in [-0.15, -0.1) is 0 Å². The molecular formula is C11H15Cl2NO. The molecule has 4 heteroatoms. The second-order valence-electron chi connectivity index (χ2n) is 3.80. The van der Waals surface area contributed by atoms with E-state index in [1.807, 2.05) is 13.8 Å². The number of hydrogen-bond donors (Lipinski definition) is 2. The summed E-state index contributed by atoms with van der Waals surface area (Å²) in [5, 5.41) is 13.6. The van der Waals surface area contributed by atoms with Crippen molar-refractivity contribution >= 4 is 28.9 Å². The number of aliphatic hydroxyl groups is 1. The van der Waals surface area contributed by atoms with E-state index in [-0.39, 0.29) is 12.6 Å². The summed E-state index contributed by atoms with van der Waals surface area (Å²) in [6.45, 7) is 4.14. The predicted molar refractivity (Wildman–Crippen MR) is 65.8 cm³/mol. The number of aliphatic hydroxyl groups excluding tert-OH is 1. The third kappa shape index (κ3) is 3.56. The summed E-state index contributed by atoms with van der Waals surface area (Å²) in [5.74, 6) is 0.324. The molecule has 0 saturated heterocycles. The van der Waals surface area contributed by atoms with Gasteiger partial charge in [0.15, 0.2) is 0 Å². The lowest BCUT2D eigenvalue weighted by molar-refractivity contribution is 0.249. The van der Waals surface area contributed by atoms with Crippen molar-refractivity contribution in [2.75, 3.05) is 11.9 Å². The number of rotatable bonds is 4. The largest absolute Gasteiger partial charge is 0.394 e. The van der Waals surface area contributed by atoms with Gasteiger partial charge in [-0.2, -0.15) is 0 Å². The zero-order chi connectivity index (χ0) is 11.4. The number of halogens is 2. The molecule has 1 unspecified atom stereocenters. The standard InChI is InChI=1S/C11H15Cl2NO/c1-7(2)11(6-15)14-10-5-8(12)3-4-9(10)13/h3-5,7,11,14-15H,6H2,1-2H3. The first-order valence-corrected chi connectivity index (χ1v) is 5.62. The highest BCUT2D eigenvalue weighted by Crippen LogP contribution is 2.26. The van der Waals surface area contributed by atoms with Crippen LogP contribution in [0, 0.1) is 5.92 Å². The van der Waals surface area contributed by atoms with Gasteiger partial charge < -0.3 is 10.4 Å². The number of hydrogen-bond acceptors (Lipinski definition) is 2. The third-order valence-corrected chi connectivity index (χ3v) is 2.84. The maximum Gasteiger partial charge on any atom is 0.0638 e. The monoisotopic (exact) mass is 247 g/mol. The highest BCUT2D eigenvalue weighted by Gasteiger charge is 2.13. The van der Waals surface area contributed by atoms with Gasteiger partial charge in [-0.05, 0) is 24.1 Å². The zero-order valence-corrected chi connectivity index (χ0v) is 10.3. The second-order valence-corrected chi connectivity index (χ2v) is 4.65. The molecule has 1 aromatic carbocycles. The molecule has 0 aliphatic rings. The highest BCUT2D eigenvalue weighted by atomic mass is 35.5. The molecule has 0 aliphatic carbocycles. The van der Waals surface area contributed by atoms with Gasteiger partial charge in [0.25, 0.3) is 0 Å². The summed E-state index contributed by atoms with van der Waals surface area (Å²) < 4.78 is 0. The maximum atomic E-state index is 9.18. The SMILES string of the molecule is CC(C)C(CO)Nc1cc(Cl)ccc1Cl. The Morgan fingerprint density at radius 1 is 1.33 bits per heavy atom. The second kappa shape index (κ2) is 5.59. The minimum atomic E-state index is -0.0130. The van der Waals surface area contributed by atoms with Gasteiger partial charge in [-0.3, -0.25) is 0 Å². The van der Waals surface area contributed by atoms with Crippen LogP contribution in [0.25, 0.3) is 0 Å². The Morgan fingerprint density at radius 3 is 2.53 bits per heavy atom. The van der Waals surface area contributed by atoms with E-state index in [1.165, 1.54) is 0 Å². The van der Waals surface area contributed by atoms with Crippen molar-refractivity contribution in [1.29, 1.82) is 0 Å². The van der Waals surface area contributed by atoms with E-state index in [2.05, 4.69) is 5.32 Å². The molecule has 0 amide bonds. The van der Waals surface area contributed by atoms with Crippen LogP contribution in [-0.4, -0.2) is 17.8 Å². The van der Waals surface area contributed by atoms with Crippen molar-refractivity contribution in [3.8, 4) is 0 Å². The molecule has 2 N–H and O–H groups in total. The van der Waals surface area contributed by atoms with Crippen LogP contribution < -0.4 is 5.32 Å². The van der Waals surface area contributed by atoms with Gasteiger partial charge in [-0.25, -0.2) is 0 Å². The lowest BCUT2D eigenvalue weighted by Gasteiger charge is -2.21. The molecule has 0 aromatic heterocycles. The summed E-state index contributed by atoms with van der Waals surface area (Å²) in [7, 11) is 0. The average Bonchev–Trinajstić information content (AvgIpc) is 2.18. The Morgan fingerprint density at radius 2 is 2.00 bits per heavy atom. The molecule has 0 heterocycles. The van der Waals surface area contributed by atoms with Gasteiger partial charge in [0, 0.05) is 5.02 Å². The number of benzene rings is 1. The lowest BCUT2D eigenvalue weighted by atomic mass is 10.1. The fourth-order valence-electron chi connectivity index (χ4n) is 1.23. The van der Waals surface area contributed by atoms with Crippen molar-refractivity contribution in [3.05, 3.63) is 28.2 Å². The predicted octanol–water partition coefficient (Wildman–Crippen LogP) is 3.42. The first kappa shape index (κ1) is 12.6. The Hall–Kier alpha value is -0.440. The molecule has 0 fully saturated rings. The summed E-state index contributed by atoms with van der Waals surface area (Å²) in [5.41, 5.74) is 0.761. The highest BCUT2D eigenvalue weighted by molar-refractivity contribution is 6.35. The third-order valence-electron chi connectivity index (χ3n) is 2.27. The molecule has 1 aromatic rings. The van der Waals surface area contributed by atoms with E-state index >= 15 is 0 Å². The van der Waals surface area contributed by atoms with Gasteiger partial charge in [0.2, 0.25) is 0 Å². The Kier molecular flexibility index (Phi) is 4.71. The molecule has 0 spiro atoms. The van der Waals surface area contributed by atoms with Gasteiger partial charge in [0.05, 0.1) is 23.4 Å². The van der Waals surface area contributed by atoms with E-state index in [1.54, 1.807) is 18.2 Å². The number of nitrogens with one attached hydrogen (secondary N) is 1. The maximum absolute atomic E-state index is 9.18. The minimum Gasteiger partial charge on any atom is -0.394 e. The van der Waals surface area contributed by atoms with Crippen LogP contribution in [0.1, 0.15) is 13.8 Å². The Balaban J connectivity index is 2.82. The molecule has 84 valence electrons. The normalized spacial score (nSPS) is 12.9. The first-order chi connectivity index (χ1) is 7.04. The summed E-state index contributed by atoms with van der Waals surface area (Å²) in [6, 6.07) is 5.22. The Bertz CT molecular complexity index is 328. The van der Waals surface area contributed by atoms with Crippen molar-refractivity contribution in [2.45, 2.75) is 19.9 Å². The zero-order valence-electron chi connectivity index (χ0n) is 8.80. The molecule has 0 radical (unpaired) electrons. The topological polar surface area (TPSA) is 32.3 Å². The van der Waals surface area contributed by atoms with Crippen molar-refractivity contribution in [1.82, 2.24) is 0 Å². The van der Waals surface area contributed by atoms with Crippen molar-refractivity contribution in [2.24, 2.45) is 5.92 Å². The molecule has 1 atom stereocenters. The Labute approximate surface area is 100 Å². The van der Waals surface area contributed by atoms with Crippen LogP contribution in [-0.2, 0) is 0 Å². The summed E-state index contributed by atoms with van der Waals surface area (Å²) in [6.07, 6.45) is 0. The molecule has 0 aliphatic heterocycles. The van der Waals surface area contributed by atoms with Crippen LogP contribution in [0.4, 0.5) is 5.69 Å². The molecule has 0 saturated carbocycles. The van der Waals surface area contributed by atoms with E-state index in [0.717, 1.165) is 5.69 Å². The van der Waals surface area contributed by atoms with Crippen LogP contribution in [0.3, 0.4) is 0 Å². The van der Waals surface area contributed by atoms with Crippen molar-refractivity contribution in [3.63, 3.8) is 0 Å². The van der Waals surface area contributed by atoms with E-state index in [0.29, 0.717) is 16.0 Å². The molecule has 15 heavy (non-hydrogen) atoms. The smallest absolute Gasteiger partial charge is 0.0638 e. The lowest BCUT2D eigenvalue weighted by Crippen LogP contribution is -2.29. The fraction of sp³-hybridized carbons (Fsp3) is 0.455. The molecule has 0 bridgehead atoms. The van der Waals surface area contributed by atoms with E-state index in [4.69, 9.17) is 23.2 Å². The minimum absolute atomic E-state index is 0.0130. The van der Waals surface area contributed by atoms with E-state index < -0.39 is 0 Å². The van der Waals surface area contributed by atoms with Crippen LogP contribution in [0.15, 0.2) is 18.2 Å². The number of anilines is 1. The summed E-state index contributed by atoms with van der Waals surface area (Å²) >= 11 is 11.9. The van der Waals surface area contributed by atoms with E-state index in [9.17, 15) is 5.11 Å². The van der Waals surface area contributed by atoms with Gasteiger partial charge >= 0.3 is 0 Å². The average molecular weight is 248 g/mol. The quantitative estimate of drug-likeness (QED) is 0.855. The van der Waals surface area contributed by atoms with Crippen LogP contribution in [0.2, 0.25) is 10.0 Å². The van der Waals surface area contributed by atoms with Gasteiger partial charge in [0.1, 0.15) is 0 Å². The molecular weight excluding hydrogens is 233 g/mol. The van der Waals surface area contributed by atoms with Crippen LogP contribution >= 0.6 is 23.2 Å². The molecule has 2 nitrogen and oxygen atoms in total. The fourth-order valence-corrected chi connectivity index (χ4v) is 1.58. The van der Waals surface area contributed by atoms with Gasteiger partial charge in [-0.1, -0.05) is 37.0 Å².